The van der Waals surface area contributed by atoms with Gasteiger partial charge in [-0.15, -0.1) is 0 Å². The third-order valence-electron chi connectivity index (χ3n) is 5.52. The first-order valence-corrected chi connectivity index (χ1v) is 9.29. The summed E-state index contributed by atoms with van der Waals surface area (Å²) >= 11 is 0. The molecule has 144 valence electrons. The smallest absolute Gasteiger partial charge is 0.317 e. The van der Waals surface area contributed by atoms with Crippen molar-refractivity contribution in [2.24, 2.45) is 5.41 Å². The summed E-state index contributed by atoms with van der Waals surface area (Å²) in [6.07, 6.45) is 8.50. The zero-order valence-electron chi connectivity index (χ0n) is 16.1. The molecule has 4 rings (SSSR count). The molecule has 0 amide bonds. The minimum Gasteiger partial charge on any atom is -0.497 e. The van der Waals surface area contributed by atoms with Crippen molar-refractivity contribution in [3.05, 3.63) is 63.3 Å². The second-order valence-electron chi connectivity index (χ2n) is 7.06. The molecule has 2 unspecified atom stereocenters. The summed E-state index contributed by atoms with van der Waals surface area (Å²) in [7, 11) is 3.00. The predicted molar refractivity (Wildman–Crippen MR) is 107 cm³/mol. The highest BCUT2D eigenvalue weighted by Crippen LogP contribution is 2.60. The van der Waals surface area contributed by atoms with Gasteiger partial charge in [-0.1, -0.05) is 31.2 Å². The molecule has 28 heavy (non-hydrogen) atoms. The molecule has 0 bridgehead atoms. The second kappa shape index (κ2) is 6.78. The molecule has 1 saturated carbocycles. The van der Waals surface area contributed by atoms with E-state index in [1.165, 1.54) is 7.11 Å². The van der Waals surface area contributed by atoms with Gasteiger partial charge in [-0.2, -0.15) is 0 Å². The molecule has 2 heterocycles. The summed E-state index contributed by atoms with van der Waals surface area (Å²) in [5.74, 6) is 1.05. The number of methoxy groups -OCH3 is 2. The Balaban J connectivity index is 1.74. The lowest BCUT2D eigenvalue weighted by Crippen LogP contribution is -2.32. The van der Waals surface area contributed by atoms with Crippen LogP contribution in [0.25, 0.3) is 18.2 Å². The SMILES string of the molecule is CCc1c(/C=C/c2cccc(OC)c2)nc2n(c1=O)C1CC1(C(=O)OC)C=C2. The molecule has 0 N–H and O–H groups in total. The molecule has 2 atom stereocenters. The summed E-state index contributed by atoms with van der Waals surface area (Å²) < 4.78 is 11.8. The van der Waals surface area contributed by atoms with Crippen molar-refractivity contribution in [2.75, 3.05) is 14.2 Å². The van der Waals surface area contributed by atoms with Gasteiger partial charge in [-0.05, 0) is 42.7 Å². The molecule has 1 fully saturated rings. The molecule has 6 nitrogen and oxygen atoms in total. The second-order valence-corrected chi connectivity index (χ2v) is 7.06. The zero-order chi connectivity index (χ0) is 19.9. The first kappa shape index (κ1) is 18.2. The summed E-state index contributed by atoms with van der Waals surface area (Å²) in [6.45, 7) is 1.94. The highest BCUT2D eigenvalue weighted by atomic mass is 16.5. The molecule has 1 aliphatic carbocycles. The van der Waals surface area contributed by atoms with Crippen LogP contribution < -0.4 is 10.3 Å². The Kier molecular flexibility index (Phi) is 4.41. The first-order valence-electron chi connectivity index (χ1n) is 9.29. The fourth-order valence-electron chi connectivity index (χ4n) is 3.88. The van der Waals surface area contributed by atoms with Crippen molar-refractivity contribution in [3.8, 4) is 5.75 Å². The highest BCUT2D eigenvalue weighted by molar-refractivity contribution is 5.86. The Labute approximate surface area is 163 Å². The van der Waals surface area contributed by atoms with Gasteiger partial charge in [-0.25, -0.2) is 4.98 Å². The maximum Gasteiger partial charge on any atom is 0.317 e. The van der Waals surface area contributed by atoms with Gasteiger partial charge in [0.1, 0.15) is 17.0 Å². The topological polar surface area (TPSA) is 70.4 Å². The van der Waals surface area contributed by atoms with Crippen molar-refractivity contribution in [2.45, 2.75) is 25.8 Å². The number of hydrogen-bond donors (Lipinski definition) is 0. The van der Waals surface area contributed by atoms with Gasteiger partial charge in [0.05, 0.1) is 26.0 Å². The van der Waals surface area contributed by atoms with Gasteiger partial charge in [0.2, 0.25) is 0 Å². The van der Waals surface area contributed by atoms with Gasteiger partial charge in [0.25, 0.3) is 5.56 Å². The van der Waals surface area contributed by atoms with Crippen molar-refractivity contribution in [1.82, 2.24) is 9.55 Å². The number of carbonyl (C=O) groups is 1. The Morgan fingerprint density at radius 1 is 1.36 bits per heavy atom. The molecular formula is C22H22N2O4. The van der Waals surface area contributed by atoms with E-state index in [0.29, 0.717) is 29.9 Å². The van der Waals surface area contributed by atoms with Crippen LogP contribution in [0.3, 0.4) is 0 Å². The highest BCUT2D eigenvalue weighted by Gasteiger charge is 2.62. The van der Waals surface area contributed by atoms with E-state index >= 15 is 0 Å². The van der Waals surface area contributed by atoms with Gasteiger partial charge in [0, 0.05) is 5.56 Å². The molecule has 0 spiro atoms. The molecule has 1 aromatic carbocycles. The van der Waals surface area contributed by atoms with E-state index in [9.17, 15) is 9.59 Å². The Morgan fingerprint density at radius 2 is 2.18 bits per heavy atom. The number of carbonyl (C=O) groups excluding carboxylic acids is 1. The fraction of sp³-hybridized carbons (Fsp3) is 0.318. The Hall–Kier alpha value is -3.15. The van der Waals surface area contributed by atoms with E-state index in [4.69, 9.17) is 14.5 Å². The van der Waals surface area contributed by atoms with Gasteiger partial charge in [0.15, 0.2) is 0 Å². The summed E-state index contributed by atoms with van der Waals surface area (Å²) in [4.78, 5) is 30.0. The Bertz CT molecular complexity index is 1070. The molecular weight excluding hydrogens is 356 g/mol. The molecule has 0 saturated heterocycles. The van der Waals surface area contributed by atoms with E-state index < -0.39 is 5.41 Å². The van der Waals surface area contributed by atoms with Crippen LogP contribution >= 0.6 is 0 Å². The quantitative estimate of drug-likeness (QED) is 0.748. The molecule has 2 aromatic rings. The average molecular weight is 378 g/mol. The number of ether oxygens (including phenoxy) is 2. The van der Waals surface area contributed by atoms with Crippen LogP contribution in [0.1, 0.15) is 42.0 Å². The van der Waals surface area contributed by atoms with Crippen LogP contribution in [-0.2, 0) is 16.0 Å². The van der Waals surface area contributed by atoms with E-state index in [1.807, 2.05) is 49.4 Å². The van der Waals surface area contributed by atoms with Crippen molar-refractivity contribution < 1.29 is 14.3 Å². The van der Waals surface area contributed by atoms with Crippen LogP contribution in [-0.4, -0.2) is 29.7 Å². The lowest BCUT2D eigenvalue weighted by Gasteiger charge is -2.20. The van der Waals surface area contributed by atoms with Crippen molar-refractivity contribution in [3.63, 3.8) is 0 Å². The average Bonchev–Trinajstić information content (AvgIpc) is 3.47. The predicted octanol–water partition coefficient (Wildman–Crippen LogP) is 3.12. The van der Waals surface area contributed by atoms with Crippen LogP contribution in [0.5, 0.6) is 5.75 Å². The molecule has 1 aromatic heterocycles. The molecule has 1 aliphatic heterocycles. The number of nitrogens with zero attached hydrogens (tertiary/aromatic N) is 2. The van der Waals surface area contributed by atoms with Gasteiger partial charge in [-0.3, -0.25) is 14.2 Å². The Morgan fingerprint density at radius 3 is 2.89 bits per heavy atom. The fourth-order valence-corrected chi connectivity index (χ4v) is 3.88. The minimum atomic E-state index is -0.712. The standard InChI is InChI=1S/C22H22N2O4/c1-4-16-17(9-8-14-6-5-7-15(12-14)27-2)23-19-10-11-22(21(26)28-3)13-18(22)24(19)20(16)25/h5-12,18H,4,13H2,1-3H3/b9-8+. The lowest BCUT2D eigenvalue weighted by molar-refractivity contribution is -0.145. The maximum atomic E-state index is 13.2. The number of esters is 1. The lowest BCUT2D eigenvalue weighted by atomic mass is 10.0. The molecule has 6 heteroatoms. The third-order valence-corrected chi connectivity index (χ3v) is 5.52. The monoisotopic (exact) mass is 378 g/mol. The van der Waals surface area contributed by atoms with Crippen molar-refractivity contribution >= 4 is 24.2 Å². The van der Waals surface area contributed by atoms with E-state index in [-0.39, 0.29) is 17.6 Å². The number of aromatic nitrogens is 2. The number of hydrogen-bond acceptors (Lipinski definition) is 5. The summed E-state index contributed by atoms with van der Waals surface area (Å²) in [5.41, 5.74) is 1.46. The summed E-state index contributed by atoms with van der Waals surface area (Å²) in [6, 6.07) is 7.47. The normalized spacial score (nSPS) is 21.9. The number of benzene rings is 1. The number of rotatable bonds is 5. The van der Waals surface area contributed by atoms with E-state index in [2.05, 4.69) is 0 Å². The van der Waals surface area contributed by atoms with Crippen LogP contribution in [0.15, 0.2) is 35.1 Å². The maximum absolute atomic E-state index is 13.2. The first-order chi connectivity index (χ1) is 13.5. The summed E-state index contributed by atoms with van der Waals surface area (Å²) in [5, 5.41) is 0. The zero-order valence-corrected chi connectivity index (χ0v) is 16.1. The van der Waals surface area contributed by atoms with E-state index in [1.54, 1.807) is 17.8 Å². The largest absolute Gasteiger partial charge is 0.497 e. The minimum absolute atomic E-state index is 0.0853. The molecule has 2 aliphatic rings. The van der Waals surface area contributed by atoms with E-state index in [0.717, 1.165) is 11.3 Å². The van der Waals surface area contributed by atoms with Crippen LogP contribution in [0.4, 0.5) is 0 Å². The third kappa shape index (κ3) is 2.76. The van der Waals surface area contributed by atoms with Crippen LogP contribution in [0, 0.1) is 5.41 Å². The van der Waals surface area contributed by atoms with Gasteiger partial charge >= 0.3 is 5.97 Å². The number of fused-ring (bicyclic) bond motifs is 3. The van der Waals surface area contributed by atoms with Crippen LogP contribution in [0.2, 0.25) is 0 Å². The van der Waals surface area contributed by atoms with Gasteiger partial charge < -0.3 is 9.47 Å². The van der Waals surface area contributed by atoms with Crippen molar-refractivity contribution in [1.29, 1.82) is 0 Å². The molecule has 0 radical (unpaired) electrons.